The quantitative estimate of drug-likeness (QED) is 0.877. The van der Waals surface area contributed by atoms with Crippen LogP contribution < -0.4 is 10.6 Å². The fourth-order valence-corrected chi connectivity index (χ4v) is 3.24. The molecule has 0 saturated carbocycles. The minimum Gasteiger partial charge on any atom is -0.351 e. The van der Waals surface area contributed by atoms with Crippen molar-refractivity contribution in [3.05, 3.63) is 15.6 Å². The van der Waals surface area contributed by atoms with Gasteiger partial charge in [-0.25, -0.2) is 4.98 Å². The van der Waals surface area contributed by atoms with E-state index in [4.69, 9.17) is 0 Å². The van der Waals surface area contributed by atoms with Crippen LogP contribution >= 0.6 is 11.3 Å². The molecule has 2 heterocycles. The number of thiazole rings is 1. The first-order valence-electron chi connectivity index (χ1n) is 6.43. The molecule has 0 bridgehead atoms. The zero-order valence-corrected chi connectivity index (χ0v) is 12.1. The van der Waals surface area contributed by atoms with Gasteiger partial charge in [0.25, 0.3) is 0 Å². The number of hydrogen-bond donors (Lipinski definition) is 2. The number of piperidine rings is 1. The molecule has 1 aliphatic rings. The van der Waals surface area contributed by atoms with E-state index in [9.17, 15) is 4.79 Å². The fraction of sp³-hybridized carbons (Fsp3) is 0.692. The predicted molar refractivity (Wildman–Crippen MR) is 73.6 cm³/mol. The molecule has 100 valence electrons. The van der Waals surface area contributed by atoms with Crippen LogP contribution in [0.3, 0.4) is 0 Å². The van der Waals surface area contributed by atoms with Crippen LogP contribution in [-0.4, -0.2) is 24.0 Å². The molecule has 5 heteroatoms. The largest absolute Gasteiger partial charge is 0.351 e. The molecule has 0 aliphatic carbocycles. The van der Waals surface area contributed by atoms with E-state index in [0.29, 0.717) is 6.54 Å². The molecule has 1 aromatic rings. The Morgan fingerprint density at radius 1 is 1.56 bits per heavy atom. The van der Waals surface area contributed by atoms with Crippen molar-refractivity contribution in [1.29, 1.82) is 0 Å². The van der Waals surface area contributed by atoms with Gasteiger partial charge in [-0.1, -0.05) is 0 Å². The first-order chi connectivity index (χ1) is 8.51. The standard InChI is InChI=1S/C13H21N3OS/c1-9-11(18-10(2)16-9)7-15-12(17)13(3)5-4-6-14-8-13/h14H,4-8H2,1-3H3,(H,15,17). The maximum atomic E-state index is 12.2. The summed E-state index contributed by atoms with van der Waals surface area (Å²) in [5.74, 6) is 0.153. The van der Waals surface area contributed by atoms with E-state index in [-0.39, 0.29) is 11.3 Å². The van der Waals surface area contributed by atoms with Gasteiger partial charge < -0.3 is 10.6 Å². The van der Waals surface area contributed by atoms with Crippen LogP contribution in [0.1, 0.15) is 35.3 Å². The Morgan fingerprint density at radius 2 is 2.33 bits per heavy atom. The van der Waals surface area contributed by atoms with Gasteiger partial charge in [0.1, 0.15) is 0 Å². The Bertz CT molecular complexity index is 435. The second-order valence-corrected chi connectivity index (χ2v) is 6.55. The van der Waals surface area contributed by atoms with Crippen LogP contribution in [0.25, 0.3) is 0 Å². The molecule has 0 radical (unpaired) electrons. The van der Waals surface area contributed by atoms with E-state index in [1.165, 1.54) is 0 Å². The SMILES string of the molecule is Cc1nc(C)c(CNC(=O)C2(C)CCCNC2)s1. The Balaban J connectivity index is 1.93. The van der Waals surface area contributed by atoms with Gasteiger partial charge in [0, 0.05) is 11.4 Å². The lowest BCUT2D eigenvalue weighted by molar-refractivity contribution is -0.131. The lowest BCUT2D eigenvalue weighted by Gasteiger charge is -2.32. The Morgan fingerprint density at radius 3 is 2.89 bits per heavy atom. The van der Waals surface area contributed by atoms with Crippen molar-refractivity contribution in [3.63, 3.8) is 0 Å². The van der Waals surface area contributed by atoms with Gasteiger partial charge in [0.15, 0.2) is 0 Å². The summed E-state index contributed by atoms with van der Waals surface area (Å²) in [6, 6.07) is 0. The van der Waals surface area contributed by atoms with Crippen molar-refractivity contribution in [2.45, 2.75) is 40.2 Å². The monoisotopic (exact) mass is 267 g/mol. The molecule has 4 nitrogen and oxygen atoms in total. The third-order valence-corrected chi connectivity index (χ3v) is 4.63. The summed E-state index contributed by atoms with van der Waals surface area (Å²) in [7, 11) is 0. The molecule has 18 heavy (non-hydrogen) atoms. The van der Waals surface area contributed by atoms with E-state index in [1.54, 1.807) is 11.3 Å². The van der Waals surface area contributed by atoms with E-state index < -0.39 is 0 Å². The second kappa shape index (κ2) is 5.36. The van der Waals surface area contributed by atoms with Crippen molar-refractivity contribution in [2.75, 3.05) is 13.1 Å². The van der Waals surface area contributed by atoms with Crippen molar-refractivity contribution in [2.24, 2.45) is 5.41 Å². The average Bonchev–Trinajstić information content (AvgIpc) is 2.65. The molecular formula is C13H21N3OS. The summed E-state index contributed by atoms with van der Waals surface area (Å²) in [6.07, 6.45) is 2.04. The molecule has 1 amide bonds. The van der Waals surface area contributed by atoms with Gasteiger partial charge in [0.05, 0.1) is 22.7 Å². The summed E-state index contributed by atoms with van der Waals surface area (Å²) >= 11 is 1.66. The highest BCUT2D eigenvalue weighted by molar-refractivity contribution is 7.11. The number of rotatable bonds is 3. The summed E-state index contributed by atoms with van der Waals surface area (Å²) < 4.78 is 0. The van der Waals surface area contributed by atoms with Gasteiger partial charge in [-0.05, 0) is 40.2 Å². The number of nitrogens with zero attached hydrogens (tertiary/aromatic N) is 1. The lowest BCUT2D eigenvalue weighted by atomic mass is 9.82. The molecule has 0 spiro atoms. The third-order valence-electron chi connectivity index (χ3n) is 3.55. The zero-order chi connectivity index (χ0) is 13.2. The van der Waals surface area contributed by atoms with E-state index >= 15 is 0 Å². The van der Waals surface area contributed by atoms with Gasteiger partial charge in [-0.2, -0.15) is 0 Å². The molecule has 2 N–H and O–H groups in total. The highest BCUT2D eigenvalue weighted by atomic mass is 32.1. The minimum absolute atomic E-state index is 0.153. The van der Waals surface area contributed by atoms with Crippen molar-refractivity contribution >= 4 is 17.2 Å². The van der Waals surface area contributed by atoms with Crippen LogP contribution in [-0.2, 0) is 11.3 Å². The summed E-state index contributed by atoms with van der Waals surface area (Å²) in [4.78, 5) is 17.8. The Kier molecular flexibility index (Phi) is 4.02. The minimum atomic E-state index is -0.258. The van der Waals surface area contributed by atoms with Crippen molar-refractivity contribution in [1.82, 2.24) is 15.6 Å². The van der Waals surface area contributed by atoms with Gasteiger partial charge in [-0.15, -0.1) is 11.3 Å². The third kappa shape index (κ3) is 2.90. The number of hydrogen-bond acceptors (Lipinski definition) is 4. The smallest absolute Gasteiger partial charge is 0.227 e. The van der Waals surface area contributed by atoms with Gasteiger partial charge in [-0.3, -0.25) is 4.79 Å². The number of aryl methyl sites for hydroxylation is 2. The topological polar surface area (TPSA) is 54.0 Å². The Labute approximate surface area is 112 Å². The van der Waals surface area contributed by atoms with E-state index in [1.807, 2.05) is 20.8 Å². The summed E-state index contributed by atoms with van der Waals surface area (Å²) in [6.45, 7) is 8.44. The number of amides is 1. The first kappa shape index (κ1) is 13.5. The van der Waals surface area contributed by atoms with Gasteiger partial charge >= 0.3 is 0 Å². The molecule has 1 aromatic heterocycles. The van der Waals surface area contributed by atoms with Crippen molar-refractivity contribution in [3.8, 4) is 0 Å². The fourth-order valence-electron chi connectivity index (χ4n) is 2.36. The van der Waals surface area contributed by atoms with Crippen molar-refractivity contribution < 1.29 is 4.79 Å². The zero-order valence-electron chi connectivity index (χ0n) is 11.3. The predicted octanol–water partition coefficient (Wildman–Crippen LogP) is 1.77. The molecule has 1 atom stereocenters. The highest BCUT2D eigenvalue weighted by Crippen LogP contribution is 2.26. The molecular weight excluding hydrogens is 246 g/mol. The number of aromatic nitrogens is 1. The number of carbonyl (C=O) groups excluding carboxylic acids is 1. The first-order valence-corrected chi connectivity index (χ1v) is 7.25. The molecule has 0 aromatic carbocycles. The van der Waals surface area contributed by atoms with Gasteiger partial charge in [0.2, 0.25) is 5.91 Å². The number of nitrogens with one attached hydrogen (secondary N) is 2. The normalized spacial score (nSPS) is 23.9. The molecule has 1 unspecified atom stereocenters. The van der Waals surface area contributed by atoms with Crippen LogP contribution in [0.15, 0.2) is 0 Å². The molecule has 1 saturated heterocycles. The second-order valence-electron chi connectivity index (χ2n) is 5.27. The maximum Gasteiger partial charge on any atom is 0.227 e. The van der Waals surface area contributed by atoms with Crippen LogP contribution in [0.2, 0.25) is 0 Å². The summed E-state index contributed by atoms with van der Waals surface area (Å²) in [5, 5.41) is 7.41. The lowest BCUT2D eigenvalue weighted by Crippen LogP contribution is -2.48. The average molecular weight is 267 g/mol. The van der Waals surface area contributed by atoms with E-state index in [0.717, 1.165) is 41.5 Å². The Hall–Kier alpha value is -0.940. The maximum absolute atomic E-state index is 12.2. The van der Waals surface area contributed by atoms with Crippen LogP contribution in [0, 0.1) is 19.3 Å². The molecule has 1 fully saturated rings. The molecule has 1 aliphatic heterocycles. The van der Waals surface area contributed by atoms with E-state index in [2.05, 4.69) is 15.6 Å². The van der Waals surface area contributed by atoms with Crippen LogP contribution in [0.5, 0.6) is 0 Å². The molecule has 2 rings (SSSR count). The summed E-state index contributed by atoms with van der Waals surface area (Å²) in [5.41, 5.74) is 0.774. The highest BCUT2D eigenvalue weighted by Gasteiger charge is 2.34. The number of carbonyl (C=O) groups is 1. The van der Waals surface area contributed by atoms with Crippen LogP contribution in [0.4, 0.5) is 0 Å².